The van der Waals surface area contributed by atoms with Crippen molar-refractivity contribution in [3.05, 3.63) is 59.3 Å². The Kier molecular flexibility index (Phi) is 3.89. The van der Waals surface area contributed by atoms with Crippen LogP contribution in [0.15, 0.2) is 42.6 Å². The summed E-state index contributed by atoms with van der Waals surface area (Å²) < 4.78 is 0. The number of aromatic nitrogens is 1. The Balaban J connectivity index is 1.63. The second-order valence-electron chi connectivity index (χ2n) is 5.27. The van der Waals surface area contributed by atoms with Gasteiger partial charge in [0.2, 0.25) is 5.91 Å². The molecule has 116 valence electrons. The number of imide groups is 1. The van der Waals surface area contributed by atoms with Gasteiger partial charge in [0.1, 0.15) is 5.82 Å². The number of rotatable bonds is 4. The summed E-state index contributed by atoms with van der Waals surface area (Å²) in [6, 6.07) is 10.3. The number of aryl methyl sites for hydroxylation is 1. The van der Waals surface area contributed by atoms with Crippen LogP contribution >= 0.6 is 0 Å². The highest BCUT2D eigenvalue weighted by Crippen LogP contribution is 2.22. The Morgan fingerprint density at radius 1 is 1.09 bits per heavy atom. The summed E-state index contributed by atoms with van der Waals surface area (Å²) in [6.07, 6.45) is 1.62. The highest BCUT2D eigenvalue weighted by atomic mass is 16.2. The lowest BCUT2D eigenvalue weighted by Crippen LogP contribution is -2.33. The number of hydrogen-bond acceptors (Lipinski definition) is 4. The number of hydrogen-bond donors (Lipinski definition) is 1. The summed E-state index contributed by atoms with van der Waals surface area (Å²) in [5.74, 6) is -0.511. The second-order valence-corrected chi connectivity index (χ2v) is 5.27. The van der Waals surface area contributed by atoms with Gasteiger partial charge in [-0.25, -0.2) is 4.98 Å². The van der Waals surface area contributed by atoms with Gasteiger partial charge in [0.25, 0.3) is 11.8 Å². The molecule has 6 nitrogen and oxygen atoms in total. The lowest BCUT2D eigenvalue weighted by Gasteiger charge is -2.13. The van der Waals surface area contributed by atoms with E-state index in [9.17, 15) is 14.4 Å². The number of benzene rings is 1. The van der Waals surface area contributed by atoms with Crippen molar-refractivity contribution in [2.45, 2.75) is 13.3 Å². The Bertz CT molecular complexity index is 766. The standard InChI is InChI=1S/C17H15N3O3/c1-11-5-4-9-18-15(11)19-14(21)8-10-20-16(22)12-6-2-3-7-13(12)17(20)23/h2-7,9H,8,10H2,1H3,(H,18,19,21). The van der Waals surface area contributed by atoms with Crippen LogP contribution in [-0.2, 0) is 4.79 Å². The molecule has 23 heavy (non-hydrogen) atoms. The van der Waals surface area contributed by atoms with E-state index in [-0.39, 0.29) is 30.7 Å². The lowest BCUT2D eigenvalue weighted by molar-refractivity contribution is -0.116. The van der Waals surface area contributed by atoms with Gasteiger partial charge in [-0.2, -0.15) is 0 Å². The van der Waals surface area contributed by atoms with E-state index in [1.807, 2.05) is 13.0 Å². The highest BCUT2D eigenvalue weighted by Gasteiger charge is 2.34. The summed E-state index contributed by atoms with van der Waals surface area (Å²) in [7, 11) is 0. The number of amides is 3. The van der Waals surface area contributed by atoms with Gasteiger partial charge >= 0.3 is 0 Å². The van der Waals surface area contributed by atoms with Crippen LogP contribution in [0.1, 0.15) is 32.7 Å². The molecule has 3 rings (SSSR count). The summed E-state index contributed by atoms with van der Waals surface area (Å²) >= 11 is 0. The largest absolute Gasteiger partial charge is 0.310 e. The maximum absolute atomic E-state index is 12.2. The van der Waals surface area contributed by atoms with Crippen molar-refractivity contribution in [3.63, 3.8) is 0 Å². The predicted octanol–water partition coefficient (Wildman–Crippen LogP) is 2.01. The molecule has 2 heterocycles. The zero-order chi connectivity index (χ0) is 16.4. The molecule has 0 fully saturated rings. The number of carbonyl (C=O) groups is 3. The fraction of sp³-hybridized carbons (Fsp3) is 0.176. The SMILES string of the molecule is Cc1cccnc1NC(=O)CCN1C(=O)c2ccccc2C1=O. The fourth-order valence-electron chi connectivity index (χ4n) is 2.47. The molecule has 1 N–H and O–H groups in total. The first-order valence-corrected chi connectivity index (χ1v) is 7.24. The predicted molar refractivity (Wildman–Crippen MR) is 84.0 cm³/mol. The minimum atomic E-state index is -0.354. The molecule has 0 saturated carbocycles. The maximum atomic E-state index is 12.2. The molecular formula is C17H15N3O3. The Morgan fingerprint density at radius 3 is 2.35 bits per heavy atom. The zero-order valence-electron chi connectivity index (χ0n) is 12.6. The average Bonchev–Trinajstić information content (AvgIpc) is 2.80. The van der Waals surface area contributed by atoms with E-state index in [2.05, 4.69) is 10.3 Å². The first-order valence-electron chi connectivity index (χ1n) is 7.24. The van der Waals surface area contributed by atoms with E-state index in [1.165, 1.54) is 0 Å². The quantitative estimate of drug-likeness (QED) is 0.876. The first kappa shape index (κ1) is 14.9. The van der Waals surface area contributed by atoms with Crippen LogP contribution in [0.5, 0.6) is 0 Å². The number of nitrogens with one attached hydrogen (secondary N) is 1. The van der Waals surface area contributed by atoms with Crippen molar-refractivity contribution in [1.82, 2.24) is 9.88 Å². The Hall–Kier alpha value is -3.02. The summed E-state index contributed by atoms with van der Waals surface area (Å²) in [5, 5.41) is 2.69. The van der Waals surface area contributed by atoms with Crippen LogP contribution < -0.4 is 5.32 Å². The molecule has 3 amide bonds. The molecule has 0 radical (unpaired) electrons. The van der Waals surface area contributed by atoms with Gasteiger partial charge in [-0.05, 0) is 30.7 Å². The third-order valence-corrected chi connectivity index (χ3v) is 3.71. The van der Waals surface area contributed by atoms with Crippen molar-refractivity contribution in [3.8, 4) is 0 Å². The van der Waals surface area contributed by atoms with Gasteiger partial charge in [-0.1, -0.05) is 18.2 Å². The second kappa shape index (κ2) is 6.00. The van der Waals surface area contributed by atoms with Crippen molar-refractivity contribution in [2.75, 3.05) is 11.9 Å². The molecule has 0 atom stereocenters. The van der Waals surface area contributed by atoms with Crippen LogP contribution in [0.25, 0.3) is 0 Å². The van der Waals surface area contributed by atoms with Gasteiger partial charge in [0, 0.05) is 19.2 Å². The minimum Gasteiger partial charge on any atom is -0.310 e. The molecule has 2 aromatic rings. The molecule has 1 aromatic heterocycles. The van der Waals surface area contributed by atoms with E-state index in [1.54, 1.807) is 36.5 Å². The summed E-state index contributed by atoms with van der Waals surface area (Å²) in [4.78, 5) is 41.6. The monoisotopic (exact) mass is 309 g/mol. The molecule has 0 bridgehead atoms. The van der Waals surface area contributed by atoms with Crippen molar-refractivity contribution in [2.24, 2.45) is 0 Å². The smallest absolute Gasteiger partial charge is 0.261 e. The topological polar surface area (TPSA) is 79.4 Å². The molecule has 1 aromatic carbocycles. The van der Waals surface area contributed by atoms with Gasteiger partial charge in [-0.15, -0.1) is 0 Å². The number of fused-ring (bicyclic) bond motifs is 1. The molecule has 1 aliphatic rings. The van der Waals surface area contributed by atoms with Crippen LogP contribution in [0.3, 0.4) is 0 Å². The van der Waals surface area contributed by atoms with Gasteiger partial charge in [0.15, 0.2) is 0 Å². The van der Waals surface area contributed by atoms with E-state index < -0.39 is 0 Å². The summed E-state index contributed by atoms with van der Waals surface area (Å²) in [5.41, 5.74) is 1.62. The van der Waals surface area contributed by atoms with E-state index in [0.29, 0.717) is 16.9 Å². The maximum Gasteiger partial charge on any atom is 0.261 e. The minimum absolute atomic E-state index is 0.0292. The number of nitrogens with zero attached hydrogens (tertiary/aromatic N) is 2. The Morgan fingerprint density at radius 2 is 1.74 bits per heavy atom. The van der Waals surface area contributed by atoms with Crippen LogP contribution in [-0.4, -0.2) is 34.2 Å². The van der Waals surface area contributed by atoms with Crippen molar-refractivity contribution in [1.29, 1.82) is 0 Å². The van der Waals surface area contributed by atoms with Gasteiger partial charge < -0.3 is 5.32 Å². The molecule has 1 aliphatic heterocycles. The Labute approximate surface area is 133 Å². The zero-order valence-corrected chi connectivity index (χ0v) is 12.6. The first-order chi connectivity index (χ1) is 11.1. The van der Waals surface area contributed by atoms with Crippen LogP contribution in [0.2, 0.25) is 0 Å². The number of pyridine rings is 1. The molecule has 0 aliphatic carbocycles. The highest BCUT2D eigenvalue weighted by molar-refractivity contribution is 6.21. The van der Waals surface area contributed by atoms with Crippen molar-refractivity contribution >= 4 is 23.5 Å². The van der Waals surface area contributed by atoms with E-state index in [4.69, 9.17) is 0 Å². The molecule has 0 spiro atoms. The van der Waals surface area contributed by atoms with E-state index >= 15 is 0 Å². The number of carbonyl (C=O) groups excluding carboxylic acids is 3. The van der Waals surface area contributed by atoms with Crippen molar-refractivity contribution < 1.29 is 14.4 Å². The summed E-state index contributed by atoms with van der Waals surface area (Å²) in [6.45, 7) is 1.89. The average molecular weight is 309 g/mol. The third kappa shape index (κ3) is 2.83. The fourth-order valence-corrected chi connectivity index (χ4v) is 2.47. The molecule has 6 heteroatoms. The van der Waals surface area contributed by atoms with E-state index in [0.717, 1.165) is 10.5 Å². The molecule has 0 saturated heterocycles. The normalized spacial score (nSPS) is 13.2. The third-order valence-electron chi connectivity index (χ3n) is 3.71. The molecular weight excluding hydrogens is 294 g/mol. The van der Waals surface area contributed by atoms with Crippen LogP contribution in [0, 0.1) is 6.92 Å². The van der Waals surface area contributed by atoms with Crippen LogP contribution in [0.4, 0.5) is 5.82 Å². The lowest BCUT2D eigenvalue weighted by atomic mass is 10.1. The van der Waals surface area contributed by atoms with Gasteiger partial charge in [-0.3, -0.25) is 19.3 Å². The number of anilines is 1. The van der Waals surface area contributed by atoms with Gasteiger partial charge in [0.05, 0.1) is 11.1 Å². The molecule has 0 unspecified atom stereocenters.